The molecule has 0 unspecified atom stereocenters. The molecule has 0 bridgehead atoms. The summed E-state index contributed by atoms with van der Waals surface area (Å²) >= 11 is 0. The van der Waals surface area contributed by atoms with Crippen LogP contribution in [0.2, 0.25) is 0 Å². The number of hydrogen-bond acceptors (Lipinski definition) is 0. The summed E-state index contributed by atoms with van der Waals surface area (Å²) < 4.78 is 1.37. The van der Waals surface area contributed by atoms with Crippen LogP contribution in [-0.2, 0) is 0 Å². The third-order valence-electron chi connectivity index (χ3n) is 1.71. The van der Waals surface area contributed by atoms with Gasteiger partial charge < -0.3 is 5.84 Å². The van der Waals surface area contributed by atoms with E-state index >= 15 is 0 Å². The van der Waals surface area contributed by atoms with Crippen molar-refractivity contribution in [2.45, 2.75) is 0 Å². The zero-order chi connectivity index (χ0) is 7.68. The summed E-state index contributed by atoms with van der Waals surface area (Å²) in [7, 11) is 0. The van der Waals surface area contributed by atoms with E-state index in [1.165, 1.54) is 4.68 Å². The van der Waals surface area contributed by atoms with Gasteiger partial charge in [0.1, 0.15) is 0 Å². The minimum Gasteiger partial charge on any atom is -0.448 e. The number of rotatable bonds is 0. The van der Waals surface area contributed by atoms with E-state index in [2.05, 4.69) is 0 Å². The number of para-hydroxylation sites is 1. The zero-order valence-electron chi connectivity index (χ0n) is 5.99. The minimum absolute atomic E-state index is 0.940. The van der Waals surface area contributed by atoms with Crippen molar-refractivity contribution in [1.29, 1.82) is 0 Å². The highest BCUT2D eigenvalue weighted by atomic mass is 15.3. The molecule has 54 valence electrons. The van der Waals surface area contributed by atoms with Gasteiger partial charge in [-0.3, -0.25) is 0 Å². The van der Waals surface area contributed by atoms with Crippen LogP contribution in [-0.4, -0.2) is 0 Å². The molecule has 2 nitrogen and oxygen atoms in total. The van der Waals surface area contributed by atoms with Crippen LogP contribution in [0.3, 0.4) is 0 Å². The van der Waals surface area contributed by atoms with Gasteiger partial charge in [0.25, 0.3) is 0 Å². The molecular formula is C9H8N2. The first kappa shape index (κ1) is 6.16. The third-order valence-corrected chi connectivity index (χ3v) is 1.71. The molecule has 0 aliphatic heterocycles. The first-order valence-corrected chi connectivity index (χ1v) is 3.49. The fourth-order valence-electron chi connectivity index (χ4n) is 1.16. The number of nitrogens with zero attached hydrogens (tertiary/aromatic N) is 1. The molecule has 1 heterocycles. The molecule has 0 aliphatic carbocycles. The molecule has 0 amide bonds. The SMILES string of the molecule is [NH-][n+]1cccc2ccccc21. The van der Waals surface area contributed by atoms with Gasteiger partial charge in [0.2, 0.25) is 5.52 Å². The highest BCUT2D eigenvalue weighted by Gasteiger charge is 1.96. The van der Waals surface area contributed by atoms with Crippen LogP contribution < -0.4 is 4.68 Å². The van der Waals surface area contributed by atoms with Crippen molar-refractivity contribution in [3.63, 3.8) is 0 Å². The van der Waals surface area contributed by atoms with Gasteiger partial charge in [-0.25, -0.2) is 4.68 Å². The number of pyridine rings is 1. The molecule has 0 spiro atoms. The molecular weight excluding hydrogens is 136 g/mol. The average molecular weight is 144 g/mol. The molecule has 2 heteroatoms. The summed E-state index contributed by atoms with van der Waals surface area (Å²) in [6, 6.07) is 11.7. The van der Waals surface area contributed by atoms with E-state index in [0.717, 1.165) is 10.9 Å². The Bertz CT molecular complexity index is 377. The van der Waals surface area contributed by atoms with E-state index in [0.29, 0.717) is 0 Å². The highest BCUT2D eigenvalue weighted by Crippen LogP contribution is 2.06. The van der Waals surface area contributed by atoms with E-state index in [4.69, 9.17) is 5.84 Å². The minimum atomic E-state index is 0.940. The van der Waals surface area contributed by atoms with Gasteiger partial charge in [0, 0.05) is 17.5 Å². The zero-order valence-corrected chi connectivity index (χ0v) is 5.99. The fourth-order valence-corrected chi connectivity index (χ4v) is 1.16. The first-order chi connectivity index (χ1) is 5.38. The Morgan fingerprint density at radius 1 is 1.00 bits per heavy atom. The molecule has 11 heavy (non-hydrogen) atoms. The van der Waals surface area contributed by atoms with Gasteiger partial charge in [-0.1, -0.05) is 12.1 Å². The van der Waals surface area contributed by atoms with E-state index in [1.54, 1.807) is 6.20 Å². The van der Waals surface area contributed by atoms with Crippen LogP contribution in [0, 0.1) is 0 Å². The van der Waals surface area contributed by atoms with Gasteiger partial charge in [0.15, 0.2) is 6.20 Å². The molecule has 2 rings (SSSR count). The Balaban J connectivity index is 2.91. The largest absolute Gasteiger partial charge is 0.448 e. The van der Waals surface area contributed by atoms with Crippen molar-refractivity contribution in [3.8, 4) is 0 Å². The van der Waals surface area contributed by atoms with Gasteiger partial charge in [-0.2, -0.15) is 0 Å². The normalized spacial score (nSPS) is 10.2. The molecule has 0 radical (unpaired) electrons. The lowest BCUT2D eigenvalue weighted by Gasteiger charge is -1.98. The van der Waals surface area contributed by atoms with E-state index in [1.807, 2.05) is 36.4 Å². The lowest BCUT2D eigenvalue weighted by molar-refractivity contribution is -0.577. The second-order valence-corrected chi connectivity index (χ2v) is 2.44. The number of nitrogens with one attached hydrogen (secondary N) is 1. The summed E-state index contributed by atoms with van der Waals surface area (Å²) in [4.78, 5) is 0. The van der Waals surface area contributed by atoms with E-state index in [9.17, 15) is 0 Å². The van der Waals surface area contributed by atoms with Crippen LogP contribution in [0.4, 0.5) is 0 Å². The van der Waals surface area contributed by atoms with Crippen molar-refractivity contribution in [1.82, 2.24) is 0 Å². The quantitative estimate of drug-likeness (QED) is 0.505. The van der Waals surface area contributed by atoms with Crippen LogP contribution in [0.5, 0.6) is 0 Å². The Labute approximate surface area is 64.9 Å². The molecule has 0 aliphatic rings. The van der Waals surface area contributed by atoms with Crippen LogP contribution in [0.1, 0.15) is 0 Å². The lowest BCUT2D eigenvalue weighted by Crippen LogP contribution is -2.22. The predicted molar refractivity (Wildman–Crippen MR) is 43.9 cm³/mol. The van der Waals surface area contributed by atoms with Crippen molar-refractivity contribution in [2.24, 2.45) is 0 Å². The molecule has 0 saturated heterocycles. The molecule has 2 aromatic rings. The fraction of sp³-hybridized carbons (Fsp3) is 0. The Morgan fingerprint density at radius 3 is 2.55 bits per heavy atom. The topological polar surface area (TPSA) is 27.7 Å². The molecule has 1 N–H and O–H groups in total. The molecule has 0 atom stereocenters. The van der Waals surface area contributed by atoms with Crippen molar-refractivity contribution in [2.75, 3.05) is 0 Å². The first-order valence-electron chi connectivity index (χ1n) is 3.49. The van der Waals surface area contributed by atoms with Gasteiger partial charge >= 0.3 is 0 Å². The Kier molecular flexibility index (Phi) is 1.25. The predicted octanol–water partition coefficient (Wildman–Crippen LogP) is 1.94. The third kappa shape index (κ3) is 0.923. The monoisotopic (exact) mass is 144 g/mol. The second kappa shape index (κ2) is 2.23. The van der Waals surface area contributed by atoms with Crippen LogP contribution in [0.25, 0.3) is 16.7 Å². The molecule has 0 saturated carbocycles. The van der Waals surface area contributed by atoms with Crippen molar-refractivity contribution < 1.29 is 4.68 Å². The summed E-state index contributed by atoms with van der Waals surface area (Å²) in [5, 5.41) is 1.10. The Morgan fingerprint density at radius 2 is 1.73 bits per heavy atom. The van der Waals surface area contributed by atoms with Gasteiger partial charge in [-0.15, -0.1) is 0 Å². The van der Waals surface area contributed by atoms with E-state index < -0.39 is 0 Å². The maximum atomic E-state index is 7.48. The summed E-state index contributed by atoms with van der Waals surface area (Å²) in [5.74, 6) is 7.48. The average Bonchev–Trinajstić information content (AvgIpc) is 2.06. The maximum absolute atomic E-state index is 7.48. The molecule has 0 fully saturated rings. The number of hydrogen-bond donors (Lipinski definition) is 0. The second-order valence-electron chi connectivity index (χ2n) is 2.44. The van der Waals surface area contributed by atoms with Crippen molar-refractivity contribution in [3.05, 3.63) is 48.4 Å². The van der Waals surface area contributed by atoms with Gasteiger partial charge in [-0.05, 0) is 12.1 Å². The molecule has 1 aromatic carbocycles. The Hall–Kier alpha value is -1.57. The smallest absolute Gasteiger partial charge is 0.207 e. The maximum Gasteiger partial charge on any atom is 0.207 e. The van der Waals surface area contributed by atoms with Crippen LogP contribution >= 0.6 is 0 Å². The van der Waals surface area contributed by atoms with E-state index in [-0.39, 0.29) is 0 Å². The summed E-state index contributed by atoms with van der Waals surface area (Å²) in [6.07, 6.45) is 1.72. The van der Waals surface area contributed by atoms with Crippen LogP contribution in [0.15, 0.2) is 42.6 Å². The standard InChI is InChI=1S/C9H8N2/c10-11-7-3-5-8-4-1-2-6-9(8)11/h1-7,10H. The number of aromatic nitrogens is 1. The lowest BCUT2D eigenvalue weighted by atomic mass is 10.2. The van der Waals surface area contributed by atoms with Crippen molar-refractivity contribution >= 4 is 10.9 Å². The summed E-state index contributed by atoms with van der Waals surface area (Å²) in [6.45, 7) is 0. The van der Waals surface area contributed by atoms with Gasteiger partial charge in [0.05, 0.1) is 0 Å². The number of fused-ring (bicyclic) bond motifs is 1. The summed E-state index contributed by atoms with van der Waals surface area (Å²) in [5.41, 5.74) is 0.940. The highest BCUT2D eigenvalue weighted by molar-refractivity contribution is 5.74. The number of benzene rings is 1. The molecule has 1 aromatic heterocycles.